The largest absolute Gasteiger partial charge is 0.396 e. The lowest BCUT2D eigenvalue weighted by Gasteiger charge is -1.87. The summed E-state index contributed by atoms with van der Waals surface area (Å²) in [7, 11) is 0. The summed E-state index contributed by atoms with van der Waals surface area (Å²) < 4.78 is 0. The quantitative estimate of drug-likeness (QED) is 0.412. The Morgan fingerprint density at radius 1 is 0.889 bits per heavy atom. The Bertz CT molecular complexity index is 40.2. The van der Waals surface area contributed by atoms with E-state index in [4.69, 9.17) is 10.2 Å². The number of hydrogen-bond donors (Lipinski definition) is 2. The van der Waals surface area contributed by atoms with Crippen molar-refractivity contribution in [3.05, 3.63) is 6.42 Å². The van der Waals surface area contributed by atoms with E-state index in [2.05, 4.69) is 6.42 Å². The zero-order valence-corrected chi connectivity index (χ0v) is 5.71. The second-order valence-electron chi connectivity index (χ2n) is 2.02. The van der Waals surface area contributed by atoms with E-state index in [0.29, 0.717) is 0 Å². The third-order valence-corrected chi connectivity index (χ3v) is 1.13. The summed E-state index contributed by atoms with van der Waals surface area (Å²) in [6.07, 6.45) is 5.75. The van der Waals surface area contributed by atoms with Crippen LogP contribution in [0.3, 0.4) is 0 Å². The van der Waals surface area contributed by atoms with Crippen LogP contribution in [0.5, 0.6) is 0 Å². The third kappa shape index (κ3) is 7.79. The van der Waals surface area contributed by atoms with Gasteiger partial charge in [0.15, 0.2) is 0 Å². The van der Waals surface area contributed by atoms with Crippen molar-refractivity contribution in [3.63, 3.8) is 0 Å². The van der Waals surface area contributed by atoms with E-state index in [1.807, 2.05) is 0 Å². The van der Waals surface area contributed by atoms with Gasteiger partial charge >= 0.3 is 0 Å². The average molecular weight is 131 g/mol. The molecule has 0 aromatic rings. The highest BCUT2D eigenvalue weighted by Crippen LogP contribution is 1.99. The van der Waals surface area contributed by atoms with Crippen LogP contribution in [-0.4, -0.2) is 23.4 Å². The lowest BCUT2D eigenvalue weighted by atomic mass is 10.2. The van der Waals surface area contributed by atoms with Crippen molar-refractivity contribution < 1.29 is 10.2 Å². The maximum atomic E-state index is 8.35. The van der Waals surface area contributed by atoms with Crippen molar-refractivity contribution in [2.75, 3.05) is 13.2 Å². The highest BCUT2D eigenvalue weighted by molar-refractivity contribution is 4.63. The van der Waals surface area contributed by atoms with Crippen molar-refractivity contribution >= 4 is 0 Å². The van der Waals surface area contributed by atoms with Crippen LogP contribution in [0.25, 0.3) is 0 Å². The normalized spacial score (nSPS) is 9.56. The van der Waals surface area contributed by atoms with E-state index in [-0.39, 0.29) is 13.2 Å². The van der Waals surface area contributed by atoms with E-state index in [1.54, 1.807) is 0 Å². The summed E-state index contributed by atoms with van der Waals surface area (Å²) in [5.74, 6) is 0. The summed E-state index contributed by atoms with van der Waals surface area (Å²) in [6.45, 7) is 0.547. The standard InChI is InChI=1S/C7H15O2/c8-6-4-2-1-3-5-7-9/h1,8-9H,2-7H2/q+1. The summed E-state index contributed by atoms with van der Waals surface area (Å²) in [5, 5.41) is 16.7. The lowest BCUT2D eigenvalue weighted by molar-refractivity contribution is 0.281. The molecule has 0 amide bonds. The second-order valence-corrected chi connectivity index (χ2v) is 2.02. The number of aliphatic hydroxyl groups is 2. The summed E-state index contributed by atoms with van der Waals surface area (Å²) in [6, 6.07) is 0. The van der Waals surface area contributed by atoms with Gasteiger partial charge in [-0.05, 0) is 0 Å². The van der Waals surface area contributed by atoms with E-state index in [9.17, 15) is 0 Å². The first kappa shape index (κ1) is 8.79. The molecule has 0 spiro atoms. The molecule has 0 saturated heterocycles. The molecule has 0 aliphatic rings. The second kappa shape index (κ2) is 7.79. The zero-order valence-electron chi connectivity index (χ0n) is 5.71. The van der Waals surface area contributed by atoms with Crippen LogP contribution in [-0.2, 0) is 0 Å². The van der Waals surface area contributed by atoms with Crippen LogP contribution < -0.4 is 0 Å². The number of rotatable bonds is 6. The molecule has 0 radical (unpaired) electrons. The summed E-state index contributed by atoms with van der Waals surface area (Å²) in [5.41, 5.74) is 0. The number of aliphatic hydroxyl groups excluding tert-OH is 2. The molecule has 0 aliphatic carbocycles. The van der Waals surface area contributed by atoms with Crippen LogP contribution in [0.2, 0.25) is 0 Å². The highest BCUT2D eigenvalue weighted by atomic mass is 16.3. The van der Waals surface area contributed by atoms with Crippen molar-refractivity contribution in [2.24, 2.45) is 0 Å². The molecule has 0 aliphatic heterocycles. The smallest absolute Gasteiger partial charge is 0.0897 e. The molecule has 2 N–H and O–H groups in total. The minimum absolute atomic E-state index is 0.273. The molecule has 0 bridgehead atoms. The number of hydrogen-bond acceptors (Lipinski definition) is 2. The predicted molar refractivity (Wildman–Crippen MR) is 36.9 cm³/mol. The average Bonchev–Trinajstić information content (AvgIpc) is 1.89. The summed E-state index contributed by atoms with van der Waals surface area (Å²) in [4.78, 5) is 0. The van der Waals surface area contributed by atoms with Gasteiger partial charge in [-0.2, -0.15) is 0 Å². The minimum atomic E-state index is 0.273. The van der Waals surface area contributed by atoms with E-state index < -0.39 is 0 Å². The van der Waals surface area contributed by atoms with E-state index in [0.717, 1.165) is 25.7 Å². The van der Waals surface area contributed by atoms with Crippen LogP contribution in [0.1, 0.15) is 25.7 Å². The first-order valence-corrected chi connectivity index (χ1v) is 3.45. The van der Waals surface area contributed by atoms with E-state index in [1.165, 1.54) is 0 Å². The van der Waals surface area contributed by atoms with Crippen molar-refractivity contribution in [2.45, 2.75) is 25.7 Å². The van der Waals surface area contributed by atoms with Gasteiger partial charge in [-0.1, -0.05) is 0 Å². The van der Waals surface area contributed by atoms with E-state index >= 15 is 0 Å². The Hall–Kier alpha value is -0.210. The fourth-order valence-corrected chi connectivity index (χ4v) is 0.616. The van der Waals surface area contributed by atoms with Crippen LogP contribution in [0, 0.1) is 6.42 Å². The Kier molecular flexibility index (Phi) is 7.61. The minimum Gasteiger partial charge on any atom is -0.396 e. The van der Waals surface area contributed by atoms with Gasteiger partial charge in [-0.25, -0.2) is 0 Å². The van der Waals surface area contributed by atoms with Gasteiger partial charge in [0.2, 0.25) is 0 Å². The van der Waals surface area contributed by atoms with Crippen molar-refractivity contribution in [1.29, 1.82) is 0 Å². The molecule has 0 heterocycles. The maximum Gasteiger partial charge on any atom is 0.0897 e. The molecular formula is C7H15O2+. The molecular weight excluding hydrogens is 116 g/mol. The van der Waals surface area contributed by atoms with Gasteiger partial charge in [0.25, 0.3) is 0 Å². The Morgan fingerprint density at radius 2 is 1.33 bits per heavy atom. The zero-order chi connectivity index (χ0) is 6.95. The van der Waals surface area contributed by atoms with Crippen LogP contribution >= 0.6 is 0 Å². The molecule has 0 saturated carbocycles. The van der Waals surface area contributed by atoms with Crippen molar-refractivity contribution in [3.8, 4) is 0 Å². The molecule has 9 heavy (non-hydrogen) atoms. The van der Waals surface area contributed by atoms with Gasteiger partial charge in [-0.3, -0.25) is 0 Å². The molecule has 0 aromatic heterocycles. The maximum absolute atomic E-state index is 8.35. The Balaban J connectivity index is 2.60. The summed E-state index contributed by atoms with van der Waals surface area (Å²) >= 11 is 0. The molecule has 0 atom stereocenters. The van der Waals surface area contributed by atoms with Gasteiger partial charge in [-0.15, -0.1) is 0 Å². The molecule has 0 aromatic carbocycles. The molecule has 2 heteroatoms. The fraction of sp³-hybridized carbons (Fsp3) is 0.857. The van der Waals surface area contributed by atoms with Crippen LogP contribution in [0.15, 0.2) is 0 Å². The predicted octanol–water partition coefficient (Wildman–Crippen LogP) is 0.736. The molecule has 2 nitrogen and oxygen atoms in total. The fourth-order valence-electron chi connectivity index (χ4n) is 0.616. The third-order valence-electron chi connectivity index (χ3n) is 1.13. The first-order valence-electron chi connectivity index (χ1n) is 3.45. The Labute approximate surface area is 56.5 Å². The van der Waals surface area contributed by atoms with Gasteiger partial charge < -0.3 is 10.2 Å². The lowest BCUT2D eigenvalue weighted by Crippen LogP contribution is -1.86. The topological polar surface area (TPSA) is 40.5 Å². The molecule has 54 valence electrons. The van der Waals surface area contributed by atoms with Crippen molar-refractivity contribution in [1.82, 2.24) is 0 Å². The van der Waals surface area contributed by atoms with Crippen LogP contribution in [0.4, 0.5) is 0 Å². The SMILES string of the molecule is OCCC[CH+]CCCO. The van der Waals surface area contributed by atoms with Gasteiger partial charge in [0, 0.05) is 26.1 Å². The Morgan fingerprint density at radius 3 is 1.67 bits per heavy atom. The molecule has 0 rings (SSSR count). The highest BCUT2D eigenvalue weighted by Gasteiger charge is 1.95. The van der Waals surface area contributed by atoms with Gasteiger partial charge in [0.05, 0.1) is 19.3 Å². The monoisotopic (exact) mass is 131 g/mol. The molecule has 0 unspecified atom stereocenters. The molecule has 0 fully saturated rings. The first-order chi connectivity index (χ1) is 4.41. The number of unbranched alkanes of at least 4 members (excludes halogenated alkanes) is 4. The van der Waals surface area contributed by atoms with Gasteiger partial charge in [0.1, 0.15) is 0 Å².